The summed E-state index contributed by atoms with van der Waals surface area (Å²) in [5.74, 6) is -0.319. The number of methoxy groups -OCH3 is 1. The zero-order chi connectivity index (χ0) is 26.2. The number of nitrogens with one attached hydrogen (secondary N) is 3. The molecule has 7 heteroatoms. The number of amides is 2. The number of benzene rings is 3. The monoisotopic (exact) mass is 501 g/mol. The first-order valence-corrected chi connectivity index (χ1v) is 12.7. The molecule has 0 aromatic heterocycles. The first kappa shape index (κ1) is 26.4. The van der Waals surface area contributed by atoms with Crippen LogP contribution in [0.2, 0.25) is 0 Å². The fourth-order valence-electron chi connectivity index (χ4n) is 4.25. The second kappa shape index (κ2) is 12.5. The predicted molar refractivity (Wildman–Crippen MR) is 144 cm³/mol. The quantitative estimate of drug-likeness (QED) is 0.304. The van der Waals surface area contributed by atoms with E-state index in [0.29, 0.717) is 30.3 Å². The van der Waals surface area contributed by atoms with E-state index in [2.05, 4.69) is 16.0 Å². The van der Waals surface area contributed by atoms with Gasteiger partial charge in [0.05, 0.1) is 30.9 Å². The van der Waals surface area contributed by atoms with Crippen molar-refractivity contribution in [2.75, 3.05) is 13.7 Å². The van der Waals surface area contributed by atoms with Crippen LogP contribution in [-0.2, 0) is 6.42 Å². The van der Waals surface area contributed by atoms with Crippen LogP contribution in [0.25, 0.3) is 0 Å². The summed E-state index contributed by atoms with van der Waals surface area (Å²) in [6.45, 7) is 2.30. The summed E-state index contributed by atoms with van der Waals surface area (Å²) in [6.07, 6.45) is 1.94. The summed E-state index contributed by atoms with van der Waals surface area (Å²) in [7, 11) is 1.49. The first-order valence-electron chi connectivity index (χ1n) is 12.7. The van der Waals surface area contributed by atoms with Crippen LogP contribution >= 0.6 is 0 Å². The molecule has 2 amide bonds. The van der Waals surface area contributed by atoms with Gasteiger partial charge in [-0.15, -0.1) is 0 Å². The van der Waals surface area contributed by atoms with Crippen molar-refractivity contribution in [2.24, 2.45) is 0 Å². The summed E-state index contributed by atoms with van der Waals surface area (Å²) in [5, 5.41) is 20.2. The maximum atomic E-state index is 13.3. The Bertz CT molecular complexity index is 1180. The first-order chi connectivity index (χ1) is 17.9. The molecule has 3 aromatic carbocycles. The van der Waals surface area contributed by atoms with E-state index < -0.39 is 12.1 Å². The number of hydrogen-bond acceptors (Lipinski definition) is 5. The largest absolute Gasteiger partial charge is 0.496 e. The molecule has 3 atom stereocenters. The van der Waals surface area contributed by atoms with Crippen molar-refractivity contribution in [1.29, 1.82) is 0 Å². The topological polar surface area (TPSA) is 99.7 Å². The van der Waals surface area contributed by atoms with Gasteiger partial charge in [0.2, 0.25) is 0 Å². The lowest BCUT2D eigenvalue weighted by atomic mass is 10.00. The normalized spacial score (nSPS) is 15.3. The van der Waals surface area contributed by atoms with Gasteiger partial charge in [0, 0.05) is 18.2 Å². The molecule has 194 valence electrons. The molecule has 0 heterocycles. The molecule has 0 aliphatic heterocycles. The predicted octanol–water partition coefficient (Wildman–Crippen LogP) is 3.64. The fraction of sp³-hybridized carbons (Fsp3) is 0.333. The van der Waals surface area contributed by atoms with Crippen molar-refractivity contribution in [3.05, 3.63) is 101 Å². The summed E-state index contributed by atoms with van der Waals surface area (Å²) < 4.78 is 5.41. The van der Waals surface area contributed by atoms with Crippen LogP contribution in [0.15, 0.2) is 78.9 Å². The van der Waals surface area contributed by atoms with Gasteiger partial charge >= 0.3 is 0 Å². The molecular formula is C30H35N3O4. The fourth-order valence-corrected chi connectivity index (χ4v) is 4.25. The Kier molecular flexibility index (Phi) is 8.93. The van der Waals surface area contributed by atoms with E-state index in [1.165, 1.54) is 13.2 Å². The van der Waals surface area contributed by atoms with Gasteiger partial charge < -0.3 is 25.8 Å². The molecular weight excluding hydrogens is 466 g/mol. The van der Waals surface area contributed by atoms with Crippen LogP contribution in [0.1, 0.15) is 57.7 Å². The molecule has 3 aromatic rings. The number of aliphatic hydroxyl groups excluding tert-OH is 1. The number of aliphatic hydroxyl groups is 1. The van der Waals surface area contributed by atoms with Gasteiger partial charge in [0.25, 0.3) is 11.8 Å². The Morgan fingerprint density at radius 2 is 1.62 bits per heavy atom. The molecule has 37 heavy (non-hydrogen) atoms. The van der Waals surface area contributed by atoms with Gasteiger partial charge in [-0.3, -0.25) is 9.59 Å². The average molecular weight is 502 g/mol. The minimum absolute atomic E-state index is 0.222. The van der Waals surface area contributed by atoms with Crippen molar-refractivity contribution < 1.29 is 19.4 Å². The zero-order valence-corrected chi connectivity index (χ0v) is 21.3. The maximum absolute atomic E-state index is 13.3. The minimum Gasteiger partial charge on any atom is -0.496 e. The highest BCUT2D eigenvalue weighted by atomic mass is 16.5. The van der Waals surface area contributed by atoms with Crippen molar-refractivity contribution in [3.8, 4) is 5.75 Å². The summed E-state index contributed by atoms with van der Waals surface area (Å²) in [5.41, 5.74) is 2.58. The average Bonchev–Trinajstić information content (AvgIpc) is 3.76. The van der Waals surface area contributed by atoms with Crippen molar-refractivity contribution in [2.45, 2.75) is 50.4 Å². The molecule has 0 radical (unpaired) electrons. The van der Waals surface area contributed by atoms with Crippen molar-refractivity contribution >= 4 is 11.8 Å². The van der Waals surface area contributed by atoms with Gasteiger partial charge in [0.15, 0.2) is 0 Å². The molecule has 0 bridgehead atoms. The Labute approximate surface area is 218 Å². The van der Waals surface area contributed by atoms with E-state index >= 15 is 0 Å². The van der Waals surface area contributed by atoms with E-state index in [0.717, 1.165) is 24.0 Å². The Hall–Kier alpha value is -3.68. The number of carbonyl (C=O) groups is 2. The summed E-state index contributed by atoms with van der Waals surface area (Å²) >= 11 is 0. The van der Waals surface area contributed by atoms with Gasteiger partial charge in [-0.25, -0.2) is 0 Å². The highest BCUT2D eigenvalue weighted by Gasteiger charge is 2.27. The molecule has 4 rings (SSSR count). The number of rotatable bonds is 12. The molecule has 0 saturated heterocycles. The highest BCUT2D eigenvalue weighted by Crippen LogP contribution is 2.22. The van der Waals surface area contributed by atoms with Gasteiger partial charge in [-0.05, 0) is 55.5 Å². The number of carbonyl (C=O) groups excluding carboxylic acids is 2. The van der Waals surface area contributed by atoms with E-state index in [9.17, 15) is 14.7 Å². The standard InChI is InChI=1S/C30H35N3O4/c1-20(22-11-7-4-8-12-22)32-30(36)25-18-23(13-16-28(25)37-2)29(35)33-26(17-21-9-5-3-6-10-21)27(34)19-31-24-14-15-24/h3-13,16,18,20,24,26-27,31,34H,14-15,17,19H2,1-2H3,(H,32,36)(H,33,35)/t20-,26+,27-/m1/s1. The minimum atomic E-state index is -0.766. The second-order valence-electron chi connectivity index (χ2n) is 9.54. The highest BCUT2D eigenvalue weighted by molar-refractivity contribution is 6.01. The van der Waals surface area contributed by atoms with Crippen LogP contribution in [0.4, 0.5) is 0 Å². The summed E-state index contributed by atoms with van der Waals surface area (Å²) in [6, 6.07) is 23.9. The Morgan fingerprint density at radius 1 is 0.946 bits per heavy atom. The Morgan fingerprint density at radius 3 is 2.27 bits per heavy atom. The molecule has 4 N–H and O–H groups in total. The third-order valence-electron chi connectivity index (χ3n) is 6.63. The van der Waals surface area contributed by atoms with Gasteiger partial charge in [0.1, 0.15) is 5.75 Å². The second-order valence-corrected chi connectivity index (χ2v) is 9.54. The van der Waals surface area contributed by atoms with E-state index in [-0.39, 0.29) is 23.4 Å². The number of hydrogen-bond donors (Lipinski definition) is 4. The van der Waals surface area contributed by atoms with E-state index in [1.54, 1.807) is 12.1 Å². The van der Waals surface area contributed by atoms with Crippen molar-refractivity contribution in [1.82, 2.24) is 16.0 Å². The van der Waals surface area contributed by atoms with Crippen LogP contribution in [0.5, 0.6) is 5.75 Å². The third-order valence-corrected chi connectivity index (χ3v) is 6.63. The molecule has 0 spiro atoms. The van der Waals surface area contributed by atoms with E-state index in [4.69, 9.17) is 4.74 Å². The third kappa shape index (κ3) is 7.41. The number of ether oxygens (including phenoxy) is 1. The lowest BCUT2D eigenvalue weighted by Gasteiger charge is -2.25. The maximum Gasteiger partial charge on any atom is 0.255 e. The van der Waals surface area contributed by atoms with Gasteiger partial charge in [-0.2, -0.15) is 0 Å². The Balaban J connectivity index is 1.49. The lowest BCUT2D eigenvalue weighted by Crippen LogP contribution is -2.49. The zero-order valence-electron chi connectivity index (χ0n) is 21.3. The summed E-state index contributed by atoms with van der Waals surface area (Å²) in [4.78, 5) is 26.4. The smallest absolute Gasteiger partial charge is 0.255 e. The molecule has 1 fully saturated rings. The molecule has 1 aliphatic carbocycles. The molecule has 1 aliphatic rings. The molecule has 7 nitrogen and oxygen atoms in total. The lowest BCUT2D eigenvalue weighted by molar-refractivity contribution is 0.0830. The van der Waals surface area contributed by atoms with E-state index in [1.807, 2.05) is 67.6 Å². The SMILES string of the molecule is COc1ccc(C(=O)N[C@@H](Cc2ccccc2)[C@H](O)CNC2CC2)cc1C(=O)N[C@H](C)c1ccccc1. The van der Waals surface area contributed by atoms with Crippen LogP contribution in [0.3, 0.4) is 0 Å². The van der Waals surface area contributed by atoms with Crippen molar-refractivity contribution in [3.63, 3.8) is 0 Å². The van der Waals surface area contributed by atoms with Crippen LogP contribution in [-0.4, -0.2) is 48.8 Å². The van der Waals surface area contributed by atoms with Crippen LogP contribution in [0, 0.1) is 0 Å². The molecule has 0 unspecified atom stereocenters. The molecule has 1 saturated carbocycles. The van der Waals surface area contributed by atoms with Gasteiger partial charge in [-0.1, -0.05) is 60.7 Å². The van der Waals surface area contributed by atoms with Crippen LogP contribution < -0.4 is 20.7 Å².